The van der Waals surface area contributed by atoms with Crippen LogP contribution in [0.5, 0.6) is 0 Å². The molecule has 1 aliphatic rings. The van der Waals surface area contributed by atoms with Gasteiger partial charge in [0.15, 0.2) is 0 Å². The van der Waals surface area contributed by atoms with Gasteiger partial charge in [-0.15, -0.1) is 0 Å². The van der Waals surface area contributed by atoms with Gasteiger partial charge in [0.05, 0.1) is 15.9 Å². The van der Waals surface area contributed by atoms with Gasteiger partial charge in [-0.1, -0.05) is 60.7 Å². The average Bonchev–Trinajstić information content (AvgIpc) is 2.78. The Bertz CT molecular complexity index is 1270. The van der Waals surface area contributed by atoms with Crippen molar-refractivity contribution in [3.8, 4) is 0 Å². The molecule has 1 heterocycles. The number of fused-ring (bicyclic) bond motifs is 1. The number of non-ortho nitro benzene ring substituents is 1. The molecule has 0 unspecified atom stereocenters. The van der Waals surface area contributed by atoms with Crippen molar-refractivity contribution in [1.29, 1.82) is 0 Å². The highest BCUT2D eigenvalue weighted by Crippen LogP contribution is 2.30. The van der Waals surface area contributed by atoms with Gasteiger partial charge in [-0.3, -0.25) is 14.9 Å². The molecule has 0 bridgehead atoms. The number of sulfonamides is 1. The molecule has 3 aromatic carbocycles. The van der Waals surface area contributed by atoms with Crippen LogP contribution >= 0.6 is 0 Å². The summed E-state index contributed by atoms with van der Waals surface area (Å²) in [5.41, 5.74) is 1.75. The molecule has 0 radical (unpaired) electrons. The predicted octanol–water partition coefficient (Wildman–Crippen LogP) is 4.06. The summed E-state index contributed by atoms with van der Waals surface area (Å²) in [6, 6.07) is 20.1. The fourth-order valence-corrected chi connectivity index (χ4v) is 5.08. The monoisotopic (exact) mass is 434 g/mol. The number of benzene rings is 3. The molecule has 4 rings (SSSR count). The summed E-state index contributed by atoms with van der Waals surface area (Å²) >= 11 is 0. The van der Waals surface area contributed by atoms with E-state index < -0.39 is 26.9 Å². The normalized spacial score (nSPS) is 16.3. The maximum absolute atomic E-state index is 13.4. The van der Waals surface area contributed by atoms with Crippen molar-refractivity contribution >= 4 is 27.7 Å². The molecule has 0 N–H and O–H groups in total. The predicted molar refractivity (Wildman–Crippen MR) is 116 cm³/mol. The standard InChI is InChI=1S/C23H18N2O5S/c26-23-22-9-5-4-8-18(22)16-20(11-10-17-6-2-1-3-7-17)24(23)31(29,30)21-14-12-19(13-15-21)25(27)28/h1-15,20H,16H2/b11-10+/t20-/m1/s1. The van der Waals surface area contributed by atoms with Crippen LogP contribution in [0.25, 0.3) is 6.08 Å². The molecule has 3 aromatic rings. The molecule has 0 spiro atoms. The van der Waals surface area contributed by atoms with Crippen molar-refractivity contribution in [3.63, 3.8) is 0 Å². The van der Waals surface area contributed by atoms with Gasteiger partial charge in [-0.05, 0) is 35.7 Å². The van der Waals surface area contributed by atoms with E-state index >= 15 is 0 Å². The Labute approximate surface area is 179 Å². The molecule has 0 aromatic heterocycles. The number of hydrogen-bond donors (Lipinski definition) is 0. The summed E-state index contributed by atoms with van der Waals surface area (Å²) in [4.78, 5) is 23.4. The number of nitro groups is 1. The molecular weight excluding hydrogens is 416 g/mol. The maximum atomic E-state index is 13.4. The minimum absolute atomic E-state index is 0.177. The van der Waals surface area contributed by atoms with Crippen LogP contribution in [-0.4, -0.2) is 29.6 Å². The lowest BCUT2D eigenvalue weighted by molar-refractivity contribution is -0.384. The number of amides is 1. The zero-order valence-corrected chi connectivity index (χ0v) is 17.1. The second-order valence-electron chi connectivity index (χ2n) is 7.06. The topological polar surface area (TPSA) is 97.6 Å². The Balaban J connectivity index is 1.78. The first-order chi connectivity index (χ1) is 14.9. The number of nitrogens with zero attached hydrogens (tertiary/aromatic N) is 2. The Kier molecular flexibility index (Phi) is 5.39. The van der Waals surface area contributed by atoms with E-state index in [0.29, 0.717) is 12.0 Å². The average molecular weight is 434 g/mol. The van der Waals surface area contributed by atoms with Crippen LogP contribution in [0.3, 0.4) is 0 Å². The number of carbonyl (C=O) groups is 1. The van der Waals surface area contributed by atoms with Crippen LogP contribution in [0.15, 0.2) is 89.8 Å². The van der Waals surface area contributed by atoms with Gasteiger partial charge >= 0.3 is 0 Å². The van der Waals surface area contributed by atoms with Gasteiger partial charge in [0.25, 0.3) is 21.6 Å². The molecule has 31 heavy (non-hydrogen) atoms. The fourth-order valence-electron chi connectivity index (χ4n) is 3.56. The largest absolute Gasteiger partial charge is 0.269 e. The SMILES string of the molecule is O=C1c2ccccc2C[C@@H](/C=C/c2ccccc2)N1S(=O)(=O)c1ccc([N+](=O)[O-])cc1. The lowest BCUT2D eigenvalue weighted by Gasteiger charge is -2.34. The van der Waals surface area contributed by atoms with Crippen molar-refractivity contribution in [3.05, 3.63) is 112 Å². The van der Waals surface area contributed by atoms with Crippen molar-refractivity contribution < 1.29 is 18.1 Å². The maximum Gasteiger partial charge on any atom is 0.269 e. The van der Waals surface area contributed by atoms with Crippen molar-refractivity contribution in [2.45, 2.75) is 17.4 Å². The first-order valence-electron chi connectivity index (χ1n) is 9.52. The fraction of sp³-hybridized carbons (Fsp3) is 0.0870. The minimum atomic E-state index is -4.24. The zero-order chi connectivity index (χ0) is 22.0. The Hall–Kier alpha value is -3.78. The highest BCUT2D eigenvalue weighted by molar-refractivity contribution is 7.89. The van der Waals surface area contributed by atoms with Crippen molar-refractivity contribution in [2.24, 2.45) is 0 Å². The molecule has 1 amide bonds. The van der Waals surface area contributed by atoms with Gasteiger partial charge in [-0.2, -0.15) is 0 Å². The molecule has 0 fully saturated rings. The molecule has 1 atom stereocenters. The quantitative estimate of drug-likeness (QED) is 0.445. The van der Waals surface area contributed by atoms with E-state index in [-0.39, 0.29) is 10.6 Å². The molecular formula is C23H18N2O5S. The van der Waals surface area contributed by atoms with E-state index in [1.807, 2.05) is 42.5 Å². The van der Waals surface area contributed by atoms with Crippen LogP contribution in [0, 0.1) is 10.1 Å². The summed E-state index contributed by atoms with van der Waals surface area (Å²) in [7, 11) is -4.24. The Morgan fingerprint density at radius 1 is 0.935 bits per heavy atom. The highest BCUT2D eigenvalue weighted by atomic mass is 32.2. The molecule has 156 valence electrons. The van der Waals surface area contributed by atoms with Crippen LogP contribution in [-0.2, 0) is 16.4 Å². The summed E-state index contributed by atoms with van der Waals surface area (Å²) in [6.07, 6.45) is 3.81. The van der Waals surface area contributed by atoms with Crippen LogP contribution in [0.1, 0.15) is 21.5 Å². The van der Waals surface area contributed by atoms with E-state index in [4.69, 9.17) is 0 Å². The minimum Gasteiger partial charge on any atom is -0.268 e. The first kappa shape index (κ1) is 20.5. The van der Waals surface area contributed by atoms with Gasteiger partial charge in [-0.25, -0.2) is 12.7 Å². The van der Waals surface area contributed by atoms with E-state index in [0.717, 1.165) is 39.7 Å². The lowest BCUT2D eigenvalue weighted by Crippen LogP contribution is -2.48. The molecule has 0 saturated carbocycles. The van der Waals surface area contributed by atoms with Gasteiger partial charge in [0.2, 0.25) is 0 Å². The lowest BCUT2D eigenvalue weighted by atomic mass is 9.94. The van der Waals surface area contributed by atoms with E-state index in [1.165, 1.54) is 0 Å². The third-order valence-corrected chi connectivity index (χ3v) is 6.92. The Morgan fingerprint density at radius 2 is 1.58 bits per heavy atom. The third-order valence-electron chi connectivity index (χ3n) is 5.09. The smallest absolute Gasteiger partial charge is 0.268 e. The van der Waals surface area contributed by atoms with E-state index in [9.17, 15) is 23.3 Å². The van der Waals surface area contributed by atoms with E-state index in [2.05, 4.69) is 0 Å². The molecule has 0 saturated heterocycles. The second-order valence-corrected chi connectivity index (χ2v) is 8.87. The number of nitro benzene ring substituents is 1. The summed E-state index contributed by atoms with van der Waals surface area (Å²) in [5, 5.41) is 10.9. The number of hydrogen-bond acceptors (Lipinski definition) is 5. The summed E-state index contributed by atoms with van der Waals surface area (Å²) in [5.74, 6) is -0.622. The van der Waals surface area contributed by atoms with Gasteiger partial charge in [0.1, 0.15) is 0 Å². The number of rotatable bonds is 5. The van der Waals surface area contributed by atoms with Crippen molar-refractivity contribution in [2.75, 3.05) is 0 Å². The number of carbonyl (C=O) groups excluding carboxylic acids is 1. The summed E-state index contributed by atoms with van der Waals surface area (Å²) < 4.78 is 27.7. The first-order valence-corrected chi connectivity index (χ1v) is 11.0. The molecule has 0 aliphatic carbocycles. The van der Waals surface area contributed by atoms with Crippen molar-refractivity contribution in [1.82, 2.24) is 4.31 Å². The zero-order valence-electron chi connectivity index (χ0n) is 16.3. The molecule has 7 nitrogen and oxygen atoms in total. The van der Waals surface area contributed by atoms with Gasteiger partial charge in [0, 0.05) is 17.7 Å². The van der Waals surface area contributed by atoms with E-state index in [1.54, 1.807) is 24.3 Å². The summed E-state index contributed by atoms with van der Waals surface area (Å²) in [6.45, 7) is 0. The van der Waals surface area contributed by atoms with Crippen LogP contribution < -0.4 is 0 Å². The second kappa shape index (κ2) is 8.16. The van der Waals surface area contributed by atoms with Gasteiger partial charge < -0.3 is 0 Å². The molecule has 8 heteroatoms. The third kappa shape index (κ3) is 3.97. The Morgan fingerprint density at radius 3 is 2.26 bits per heavy atom. The highest BCUT2D eigenvalue weighted by Gasteiger charge is 2.39. The van der Waals surface area contributed by atoms with Crippen LogP contribution in [0.4, 0.5) is 5.69 Å². The molecule has 1 aliphatic heterocycles. The van der Waals surface area contributed by atoms with Crippen LogP contribution in [0.2, 0.25) is 0 Å².